The molecule has 4 N–H and O–H groups in total. The van der Waals surface area contributed by atoms with Crippen LogP contribution in [0.5, 0.6) is 5.75 Å². The number of fused-ring (bicyclic) bond motifs is 1. The van der Waals surface area contributed by atoms with E-state index in [-0.39, 0.29) is 11.9 Å². The Morgan fingerprint density at radius 3 is 2.69 bits per heavy atom. The van der Waals surface area contributed by atoms with Gasteiger partial charge < -0.3 is 20.3 Å². The first kappa shape index (κ1) is 21.9. The molecule has 4 rings (SSSR count). The lowest BCUT2D eigenvalue weighted by atomic mass is 10.0. The Hall–Kier alpha value is -3.28. The third-order valence-corrected chi connectivity index (χ3v) is 6.32. The van der Waals surface area contributed by atoms with Crippen molar-refractivity contribution in [3.05, 3.63) is 65.2 Å². The van der Waals surface area contributed by atoms with Gasteiger partial charge in [0, 0.05) is 50.3 Å². The number of hydrogen-bond acceptors (Lipinski definition) is 4. The molecule has 0 aromatic heterocycles. The van der Waals surface area contributed by atoms with E-state index in [2.05, 4.69) is 40.2 Å². The van der Waals surface area contributed by atoms with E-state index in [1.54, 1.807) is 0 Å². The van der Waals surface area contributed by atoms with Gasteiger partial charge in [-0.2, -0.15) is 0 Å². The highest BCUT2D eigenvalue weighted by atomic mass is 16.5. The molecule has 2 aliphatic rings. The molecule has 2 aromatic carbocycles. The zero-order valence-corrected chi connectivity index (χ0v) is 18.8. The van der Waals surface area contributed by atoms with Crippen molar-refractivity contribution in [2.24, 2.45) is 5.73 Å². The molecule has 168 valence electrons. The quantitative estimate of drug-likeness (QED) is 0.470. The molecule has 0 spiro atoms. The molecule has 0 unspecified atom stereocenters. The van der Waals surface area contributed by atoms with Gasteiger partial charge in [0.05, 0.1) is 5.84 Å². The fourth-order valence-corrected chi connectivity index (χ4v) is 4.54. The molecule has 2 heterocycles. The van der Waals surface area contributed by atoms with Gasteiger partial charge in [-0.1, -0.05) is 30.4 Å². The molecule has 1 saturated heterocycles. The number of likely N-dealkylation sites (tertiary alicyclic amines) is 1. The summed E-state index contributed by atoms with van der Waals surface area (Å²) < 4.78 is 6.30. The van der Waals surface area contributed by atoms with Crippen LogP contribution >= 0.6 is 0 Å². The number of amidine groups is 2. The number of ether oxygens (including phenoxy) is 1. The van der Waals surface area contributed by atoms with Crippen molar-refractivity contribution in [3.8, 4) is 5.75 Å². The average molecular weight is 432 g/mol. The van der Waals surface area contributed by atoms with E-state index in [1.165, 1.54) is 11.3 Å². The highest BCUT2D eigenvalue weighted by Crippen LogP contribution is 2.31. The molecule has 0 radical (unpaired) electrons. The van der Waals surface area contributed by atoms with Crippen LogP contribution in [0.1, 0.15) is 42.9 Å². The topological polar surface area (TPSA) is 89.4 Å². The minimum atomic E-state index is 0.0959. The zero-order valence-electron chi connectivity index (χ0n) is 18.8. The molecule has 6 heteroatoms. The van der Waals surface area contributed by atoms with Crippen LogP contribution in [-0.2, 0) is 6.42 Å². The van der Waals surface area contributed by atoms with Crippen LogP contribution < -0.4 is 15.4 Å². The SMILES string of the molecule is CC(=N)N1CCC(Oc2ccc3c(c2)CCCN3C/C=C\c2cccc(C(=N)N)c2)CC1. The molecule has 2 aromatic rings. The van der Waals surface area contributed by atoms with Gasteiger partial charge in [0.2, 0.25) is 0 Å². The lowest BCUT2D eigenvalue weighted by Crippen LogP contribution is -2.40. The fraction of sp³-hybridized carbons (Fsp3) is 0.385. The highest BCUT2D eigenvalue weighted by molar-refractivity contribution is 5.95. The molecular formula is C26H33N5O. The second kappa shape index (κ2) is 9.90. The number of nitrogens with one attached hydrogen (secondary N) is 2. The smallest absolute Gasteiger partial charge is 0.122 e. The third kappa shape index (κ3) is 5.31. The molecule has 0 amide bonds. The largest absolute Gasteiger partial charge is 0.490 e. The summed E-state index contributed by atoms with van der Waals surface area (Å²) in [5, 5.41) is 15.4. The summed E-state index contributed by atoms with van der Waals surface area (Å²) in [4.78, 5) is 4.54. The summed E-state index contributed by atoms with van der Waals surface area (Å²) in [6, 6.07) is 14.3. The molecule has 0 saturated carbocycles. The van der Waals surface area contributed by atoms with Gasteiger partial charge in [0.1, 0.15) is 17.7 Å². The standard InChI is InChI=1S/C26H33N5O/c1-19(27)30-15-11-23(12-16-30)32-24-9-10-25-21(18-24)8-4-14-31(25)13-3-6-20-5-2-7-22(17-20)26(28)29/h2-3,5-7,9-10,17-18,23,27H,4,8,11-16H2,1H3,(H3,28,29)/b6-3-,27-19?. The van der Waals surface area contributed by atoms with Crippen molar-refractivity contribution in [1.82, 2.24) is 4.90 Å². The minimum absolute atomic E-state index is 0.0959. The molecule has 32 heavy (non-hydrogen) atoms. The van der Waals surface area contributed by atoms with Gasteiger partial charge in [0.25, 0.3) is 0 Å². The first-order valence-electron chi connectivity index (χ1n) is 11.5. The minimum Gasteiger partial charge on any atom is -0.490 e. The number of rotatable bonds is 6. The molecule has 0 atom stereocenters. The Bertz CT molecular complexity index is 1010. The number of hydrogen-bond donors (Lipinski definition) is 3. The summed E-state index contributed by atoms with van der Waals surface area (Å²) in [5.41, 5.74) is 10.1. The van der Waals surface area contributed by atoms with Crippen molar-refractivity contribution in [2.45, 2.75) is 38.7 Å². The number of benzene rings is 2. The molecule has 1 fully saturated rings. The summed E-state index contributed by atoms with van der Waals surface area (Å²) in [7, 11) is 0. The molecule has 0 aliphatic carbocycles. The number of anilines is 1. The lowest BCUT2D eigenvalue weighted by molar-refractivity contribution is 0.130. The van der Waals surface area contributed by atoms with Crippen LogP contribution in [0.25, 0.3) is 6.08 Å². The summed E-state index contributed by atoms with van der Waals surface area (Å²) in [6.07, 6.45) is 8.67. The summed E-state index contributed by atoms with van der Waals surface area (Å²) >= 11 is 0. The normalized spacial score (nSPS) is 16.8. The molecule has 0 bridgehead atoms. The maximum absolute atomic E-state index is 7.78. The van der Waals surface area contributed by atoms with E-state index in [1.807, 2.05) is 31.2 Å². The maximum Gasteiger partial charge on any atom is 0.122 e. The Morgan fingerprint density at radius 1 is 1.12 bits per heavy atom. The van der Waals surface area contributed by atoms with E-state index >= 15 is 0 Å². The predicted octanol–water partition coefficient (Wildman–Crippen LogP) is 4.28. The second-order valence-corrected chi connectivity index (χ2v) is 8.67. The van der Waals surface area contributed by atoms with Crippen LogP contribution in [0, 0.1) is 10.8 Å². The highest BCUT2D eigenvalue weighted by Gasteiger charge is 2.22. The van der Waals surface area contributed by atoms with E-state index in [9.17, 15) is 0 Å². The number of nitrogens with two attached hydrogens (primary N) is 1. The van der Waals surface area contributed by atoms with Crippen LogP contribution in [0.4, 0.5) is 5.69 Å². The Kier molecular flexibility index (Phi) is 6.78. The van der Waals surface area contributed by atoms with Crippen molar-refractivity contribution in [3.63, 3.8) is 0 Å². The maximum atomic E-state index is 7.78. The number of nitrogens with zero attached hydrogens (tertiary/aromatic N) is 2. The van der Waals surface area contributed by atoms with Gasteiger partial charge in [-0.15, -0.1) is 0 Å². The Morgan fingerprint density at radius 2 is 1.94 bits per heavy atom. The third-order valence-electron chi connectivity index (χ3n) is 6.32. The van der Waals surface area contributed by atoms with Crippen LogP contribution in [0.3, 0.4) is 0 Å². The van der Waals surface area contributed by atoms with Crippen LogP contribution in [-0.4, -0.2) is 48.9 Å². The number of aryl methyl sites for hydroxylation is 1. The Balaban J connectivity index is 1.37. The predicted molar refractivity (Wildman–Crippen MR) is 132 cm³/mol. The van der Waals surface area contributed by atoms with Gasteiger partial charge in [-0.3, -0.25) is 10.8 Å². The number of piperidine rings is 1. The van der Waals surface area contributed by atoms with E-state index < -0.39 is 0 Å². The van der Waals surface area contributed by atoms with Gasteiger partial charge in [-0.05, 0) is 55.2 Å². The van der Waals surface area contributed by atoms with Gasteiger partial charge >= 0.3 is 0 Å². The van der Waals surface area contributed by atoms with Crippen molar-refractivity contribution in [1.29, 1.82) is 10.8 Å². The van der Waals surface area contributed by atoms with Crippen molar-refractivity contribution in [2.75, 3.05) is 31.1 Å². The van der Waals surface area contributed by atoms with Gasteiger partial charge in [0.15, 0.2) is 0 Å². The Labute approximate surface area is 190 Å². The average Bonchev–Trinajstić information content (AvgIpc) is 2.79. The monoisotopic (exact) mass is 431 g/mol. The van der Waals surface area contributed by atoms with E-state index in [4.69, 9.17) is 21.3 Å². The van der Waals surface area contributed by atoms with Crippen LogP contribution in [0.15, 0.2) is 48.5 Å². The van der Waals surface area contributed by atoms with Crippen molar-refractivity contribution < 1.29 is 4.74 Å². The fourth-order valence-electron chi connectivity index (χ4n) is 4.54. The summed E-state index contributed by atoms with van der Waals surface area (Å²) in [6.45, 7) is 5.56. The van der Waals surface area contributed by atoms with E-state index in [0.717, 1.165) is 68.7 Å². The van der Waals surface area contributed by atoms with Crippen LogP contribution in [0.2, 0.25) is 0 Å². The lowest BCUT2D eigenvalue weighted by Gasteiger charge is -2.34. The summed E-state index contributed by atoms with van der Waals surface area (Å²) in [5.74, 6) is 1.71. The van der Waals surface area contributed by atoms with E-state index in [0.29, 0.717) is 5.84 Å². The molecular weight excluding hydrogens is 398 g/mol. The second-order valence-electron chi connectivity index (χ2n) is 8.67. The zero-order chi connectivity index (χ0) is 22.5. The van der Waals surface area contributed by atoms with Gasteiger partial charge in [-0.25, -0.2) is 0 Å². The van der Waals surface area contributed by atoms with Crippen molar-refractivity contribution >= 4 is 23.4 Å². The molecule has 2 aliphatic heterocycles. The first-order valence-corrected chi connectivity index (χ1v) is 11.5. The number of nitrogen functional groups attached to an aromatic ring is 1. The first-order chi connectivity index (χ1) is 15.5. The molecule has 6 nitrogen and oxygen atoms in total.